The van der Waals surface area contributed by atoms with E-state index in [2.05, 4.69) is 0 Å². The summed E-state index contributed by atoms with van der Waals surface area (Å²) in [7, 11) is 12.7. The highest BCUT2D eigenvalue weighted by atomic mass is 35.7. The van der Waals surface area contributed by atoms with E-state index in [0.29, 0.717) is 9.79 Å². The maximum atomic E-state index is 10.5. The first kappa shape index (κ1) is 11.0. The monoisotopic (exact) mass is 255 g/mol. The van der Waals surface area contributed by atoms with E-state index in [1.54, 1.807) is 12.1 Å². The van der Waals surface area contributed by atoms with Crippen molar-refractivity contribution in [2.24, 2.45) is 0 Å². The molecule has 0 aromatic heterocycles. The lowest BCUT2D eigenvalue weighted by Gasteiger charge is -2.01. The van der Waals surface area contributed by atoms with E-state index in [4.69, 9.17) is 21.4 Å². The minimum absolute atomic E-state index is 0.0225. The Morgan fingerprint density at radius 2 is 2.00 bits per heavy atom. The summed E-state index contributed by atoms with van der Waals surface area (Å²) in [6.07, 6.45) is 0. The van der Waals surface area contributed by atoms with Crippen molar-refractivity contribution >= 4 is 49.0 Å². The Kier molecular flexibility index (Phi) is 4.18. The quantitative estimate of drug-likeness (QED) is 0.603. The van der Waals surface area contributed by atoms with Crippen molar-refractivity contribution in [3.8, 4) is 0 Å². The molecule has 0 fully saturated rings. The lowest BCUT2D eigenvalue weighted by molar-refractivity contribution is -0.388. The fraction of sp³-hybridized carbons (Fsp3) is 0. The molecule has 7 heteroatoms. The van der Waals surface area contributed by atoms with Gasteiger partial charge in [0.05, 0.1) is 4.92 Å². The molecule has 0 radical (unpaired) electrons. The fourth-order valence-corrected chi connectivity index (χ4v) is 2.85. The second kappa shape index (κ2) is 4.95. The highest BCUT2D eigenvalue weighted by Crippen LogP contribution is 2.40. The van der Waals surface area contributed by atoms with Gasteiger partial charge in [0.2, 0.25) is 0 Å². The number of nitrogens with zero attached hydrogens (tertiary/aromatic N) is 1. The molecule has 0 spiro atoms. The van der Waals surface area contributed by atoms with Crippen molar-refractivity contribution in [1.29, 1.82) is 0 Å². The molecule has 1 rings (SSSR count). The van der Waals surface area contributed by atoms with Crippen molar-refractivity contribution in [2.75, 3.05) is 0 Å². The molecule has 0 bridgehead atoms. The zero-order valence-corrected chi connectivity index (χ0v) is 9.21. The normalized spacial score (nSPS) is 10.0. The molecule has 0 unspecified atom stereocenters. The second-order valence-electron chi connectivity index (χ2n) is 2.02. The van der Waals surface area contributed by atoms with Crippen LogP contribution in [0.4, 0.5) is 5.69 Å². The molecule has 13 heavy (non-hydrogen) atoms. The van der Waals surface area contributed by atoms with Gasteiger partial charge in [-0.05, 0) is 49.4 Å². The summed E-state index contributed by atoms with van der Waals surface area (Å²) in [5.74, 6) is 0. The van der Waals surface area contributed by atoms with Crippen molar-refractivity contribution < 1.29 is 4.92 Å². The predicted molar refractivity (Wildman–Crippen MR) is 56.5 cm³/mol. The maximum Gasteiger partial charge on any atom is 0.285 e. The minimum Gasteiger partial charge on any atom is -0.258 e. The number of hydrogen-bond donors (Lipinski definition) is 0. The third-order valence-electron chi connectivity index (χ3n) is 1.32. The minimum atomic E-state index is -0.485. The van der Waals surface area contributed by atoms with Gasteiger partial charge < -0.3 is 0 Å². The smallest absolute Gasteiger partial charge is 0.258 e. The van der Waals surface area contributed by atoms with Crippen molar-refractivity contribution in [1.82, 2.24) is 0 Å². The fourth-order valence-electron chi connectivity index (χ4n) is 0.786. The first-order chi connectivity index (χ1) is 6.20. The molecule has 3 nitrogen and oxygen atoms in total. The third-order valence-corrected chi connectivity index (χ3v) is 3.50. The molecule has 0 aliphatic rings. The Morgan fingerprint density at radius 3 is 2.46 bits per heavy atom. The number of rotatable bonds is 3. The van der Waals surface area contributed by atoms with Gasteiger partial charge in [0.25, 0.3) is 5.69 Å². The SMILES string of the molecule is O=[N+]([O-])c1cccc(SCl)c1SCl. The van der Waals surface area contributed by atoms with Gasteiger partial charge >= 0.3 is 0 Å². The van der Waals surface area contributed by atoms with Gasteiger partial charge in [0, 0.05) is 11.0 Å². The standard InChI is InChI=1S/C6H3Cl2NO2S2/c7-12-5-3-1-2-4(9(10)11)6(5)13-8/h1-3H. The summed E-state index contributed by atoms with van der Waals surface area (Å²) < 4.78 is 0. The van der Waals surface area contributed by atoms with Gasteiger partial charge in [-0.25, -0.2) is 0 Å². The molecule has 70 valence electrons. The van der Waals surface area contributed by atoms with Crippen LogP contribution in [0.15, 0.2) is 28.0 Å². The van der Waals surface area contributed by atoms with E-state index < -0.39 is 4.92 Å². The topological polar surface area (TPSA) is 43.1 Å². The Labute approximate surface area is 91.9 Å². The average molecular weight is 256 g/mol. The Balaban J connectivity index is 3.27. The molecule has 0 atom stereocenters. The molecule has 0 aliphatic heterocycles. The van der Waals surface area contributed by atoms with E-state index in [9.17, 15) is 10.1 Å². The summed E-state index contributed by atoms with van der Waals surface area (Å²) in [5.41, 5.74) is -0.0225. The summed E-state index contributed by atoms with van der Waals surface area (Å²) in [6.45, 7) is 0. The molecule has 0 saturated carbocycles. The van der Waals surface area contributed by atoms with Gasteiger partial charge in [-0.15, -0.1) is 0 Å². The highest BCUT2D eigenvalue weighted by Gasteiger charge is 2.17. The van der Waals surface area contributed by atoms with Gasteiger partial charge in [-0.1, -0.05) is 6.07 Å². The summed E-state index contributed by atoms with van der Waals surface area (Å²) in [5, 5.41) is 10.5. The average Bonchev–Trinajstić information content (AvgIpc) is 2.16. The predicted octanol–water partition coefficient (Wildman–Crippen LogP) is 4.09. The van der Waals surface area contributed by atoms with Crippen LogP contribution >= 0.6 is 43.3 Å². The zero-order chi connectivity index (χ0) is 9.84. The first-order valence-corrected chi connectivity index (χ1v) is 6.33. The molecule has 0 heterocycles. The molecule has 1 aromatic rings. The van der Waals surface area contributed by atoms with E-state index in [1.165, 1.54) is 6.07 Å². The van der Waals surface area contributed by atoms with Gasteiger partial charge in [0.1, 0.15) is 4.90 Å². The van der Waals surface area contributed by atoms with Crippen LogP contribution in [0.25, 0.3) is 0 Å². The Bertz CT molecular complexity index is 334. The lowest BCUT2D eigenvalue weighted by atomic mass is 10.3. The molecule has 0 saturated heterocycles. The zero-order valence-electron chi connectivity index (χ0n) is 6.07. The number of benzene rings is 1. The van der Waals surface area contributed by atoms with Crippen LogP contribution in [-0.2, 0) is 0 Å². The van der Waals surface area contributed by atoms with E-state index >= 15 is 0 Å². The van der Waals surface area contributed by atoms with E-state index in [-0.39, 0.29) is 5.69 Å². The van der Waals surface area contributed by atoms with Crippen molar-refractivity contribution in [3.63, 3.8) is 0 Å². The highest BCUT2D eigenvalue weighted by molar-refractivity contribution is 8.23. The van der Waals surface area contributed by atoms with Crippen LogP contribution in [0.1, 0.15) is 0 Å². The van der Waals surface area contributed by atoms with Crippen LogP contribution in [0.5, 0.6) is 0 Å². The third kappa shape index (κ3) is 2.43. The van der Waals surface area contributed by atoms with Crippen LogP contribution in [0.3, 0.4) is 0 Å². The van der Waals surface area contributed by atoms with Crippen LogP contribution in [0, 0.1) is 10.1 Å². The summed E-state index contributed by atoms with van der Waals surface area (Å²) in [4.78, 5) is 11.0. The van der Waals surface area contributed by atoms with E-state index in [0.717, 1.165) is 22.0 Å². The maximum absolute atomic E-state index is 10.5. The van der Waals surface area contributed by atoms with Gasteiger partial charge in [-0.3, -0.25) is 10.1 Å². The Hall–Kier alpha value is -0.100. The largest absolute Gasteiger partial charge is 0.285 e. The number of nitro groups is 1. The van der Waals surface area contributed by atoms with Crippen LogP contribution < -0.4 is 0 Å². The first-order valence-electron chi connectivity index (χ1n) is 3.05. The van der Waals surface area contributed by atoms with Crippen molar-refractivity contribution in [3.05, 3.63) is 28.3 Å². The summed E-state index contributed by atoms with van der Waals surface area (Å²) in [6, 6.07) is 4.64. The molecule has 0 amide bonds. The number of halogens is 2. The molecule has 1 aromatic carbocycles. The van der Waals surface area contributed by atoms with Gasteiger partial charge in [-0.2, -0.15) is 0 Å². The van der Waals surface area contributed by atoms with E-state index in [1.807, 2.05) is 0 Å². The molecular formula is C6H3Cl2NO2S2. The Morgan fingerprint density at radius 1 is 1.31 bits per heavy atom. The molecular weight excluding hydrogens is 253 g/mol. The lowest BCUT2D eigenvalue weighted by Crippen LogP contribution is -1.90. The van der Waals surface area contributed by atoms with Crippen LogP contribution in [-0.4, -0.2) is 4.92 Å². The molecule has 0 N–H and O–H groups in total. The second-order valence-corrected chi connectivity index (χ2v) is 4.10. The molecule has 0 aliphatic carbocycles. The number of nitro benzene ring substituents is 1. The van der Waals surface area contributed by atoms with Crippen molar-refractivity contribution in [2.45, 2.75) is 9.79 Å². The van der Waals surface area contributed by atoms with Crippen LogP contribution in [0.2, 0.25) is 0 Å². The number of hydrogen-bond acceptors (Lipinski definition) is 4. The van der Waals surface area contributed by atoms with Gasteiger partial charge in [0.15, 0.2) is 0 Å². The summed E-state index contributed by atoms with van der Waals surface area (Å²) >= 11 is 0.